The third-order valence-corrected chi connectivity index (χ3v) is 3.98. The van der Waals surface area contributed by atoms with Gasteiger partial charge in [-0.3, -0.25) is 4.90 Å². The second-order valence-corrected chi connectivity index (χ2v) is 7.55. The van der Waals surface area contributed by atoms with Crippen molar-refractivity contribution in [2.75, 3.05) is 13.7 Å². The fourth-order valence-electron chi connectivity index (χ4n) is 2.14. The number of ether oxygens (including phenoxy) is 2. The summed E-state index contributed by atoms with van der Waals surface area (Å²) in [6.45, 7) is 8.04. The van der Waals surface area contributed by atoms with Gasteiger partial charge in [-0.25, -0.2) is 4.79 Å². The minimum Gasteiger partial charge on any atom is -0.497 e. The summed E-state index contributed by atoms with van der Waals surface area (Å²) < 4.78 is 10.1. The van der Waals surface area contributed by atoms with Crippen molar-refractivity contribution >= 4 is 29.3 Å². The summed E-state index contributed by atoms with van der Waals surface area (Å²) in [5.74, 6) is 1.06. The standard InChI is InChI=1S/C10H19NO3.C7H6Cl2O/c1-7-5-8(12)11(6-7)9(13)14-10(2,3)4;1-10-5-2-3-6(8)7(9)4-5/h7-8,12H,5-6H2,1-4H3;2-4H,1H3/t7-,8+;/m0./s1. The maximum Gasteiger partial charge on any atom is 0.412 e. The average Bonchev–Trinajstić information content (AvgIpc) is 2.80. The predicted octanol–water partition coefficient (Wildman–Crippen LogP) is 4.58. The normalized spacial score (nSPS) is 20.2. The summed E-state index contributed by atoms with van der Waals surface area (Å²) in [6, 6.07) is 5.13. The molecular formula is C17H25Cl2NO4. The molecule has 0 spiro atoms. The molecule has 1 aromatic carbocycles. The third kappa shape index (κ3) is 6.75. The van der Waals surface area contributed by atoms with Gasteiger partial charge in [-0.1, -0.05) is 30.1 Å². The lowest BCUT2D eigenvalue weighted by Gasteiger charge is -2.26. The molecule has 0 unspecified atom stereocenters. The monoisotopic (exact) mass is 377 g/mol. The van der Waals surface area contributed by atoms with E-state index in [4.69, 9.17) is 32.7 Å². The first-order chi connectivity index (χ1) is 11.0. The molecule has 1 amide bonds. The Kier molecular flexibility index (Phi) is 7.64. The van der Waals surface area contributed by atoms with E-state index in [2.05, 4.69) is 0 Å². The van der Waals surface area contributed by atoms with E-state index in [1.54, 1.807) is 25.3 Å². The van der Waals surface area contributed by atoms with Gasteiger partial charge in [0.25, 0.3) is 0 Å². The van der Waals surface area contributed by atoms with Crippen molar-refractivity contribution in [2.45, 2.75) is 45.9 Å². The lowest BCUT2D eigenvalue weighted by molar-refractivity contribution is -0.0128. The zero-order valence-electron chi connectivity index (χ0n) is 14.7. The molecule has 0 aromatic heterocycles. The van der Waals surface area contributed by atoms with Crippen LogP contribution in [0.1, 0.15) is 34.1 Å². The molecular weight excluding hydrogens is 353 g/mol. The fraction of sp³-hybridized carbons (Fsp3) is 0.588. The molecule has 7 heteroatoms. The van der Waals surface area contributed by atoms with Crippen LogP contribution < -0.4 is 4.74 Å². The van der Waals surface area contributed by atoms with Crippen molar-refractivity contribution in [3.8, 4) is 5.75 Å². The SMILES string of the molecule is COc1ccc(Cl)c(Cl)c1.C[C@H]1C[C@@H](O)N(C(=O)OC(C)(C)C)C1. The number of hydrogen-bond donors (Lipinski definition) is 1. The zero-order valence-corrected chi connectivity index (χ0v) is 16.2. The molecule has 5 nitrogen and oxygen atoms in total. The quantitative estimate of drug-likeness (QED) is 0.777. The lowest BCUT2D eigenvalue weighted by atomic mass is 10.1. The van der Waals surface area contributed by atoms with Crippen LogP contribution in [0.3, 0.4) is 0 Å². The Morgan fingerprint density at radius 2 is 1.92 bits per heavy atom. The number of carbonyl (C=O) groups excluding carboxylic acids is 1. The van der Waals surface area contributed by atoms with E-state index >= 15 is 0 Å². The Labute approximate surface area is 153 Å². The molecule has 1 aromatic rings. The number of hydrogen-bond acceptors (Lipinski definition) is 4. The first kappa shape index (κ1) is 20.9. The van der Waals surface area contributed by atoms with Crippen molar-refractivity contribution < 1.29 is 19.4 Å². The number of carbonyl (C=O) groups is 1. The average molecular weight is 378 g/mol. The molecule has 0 radical (unpaired) electrons. The molecule has 136 valence electrons. The Hall–Kier alpha value is -1.17. The summed E-state index contributed by atoms with van der Waals surface area (Å²) >= 11 is 11.3. The topological polar surface area (TPSA) is 59.0 Å². The van der Waals surface area contributed by atoms with Crippen LogP contribution in [0.15, 0.2) is 18.2 Å². The van der Waals surface area contributed by atoms with Gasteiger partial charge in [0.05, 0.1) is 17.2 Å². The number of nitrogens with zero attached hydrogens (tertiary/aromatic N) is 1. The van der Waals surface area contributed by atoms with Gasteiger partial charge in [0.15, 0.2) is 0 Å². The maximum absolute atomic E-state index is 11.6. The molecule has 0 bridgehead atoms. The molecule has 1 fully saturated rings. The summed E-state index contributed by atoms with van der Waals surface area (Å²) in [4.78, 5) is 12.9. The molecule has 0 aliphatic carbocycles. The Morgan fingerprint density at radius 3 is 2.33 bits per heavy atom. The number of amides is 1. The highest BCUT2D eigenvalue weighted by atomic mass is 35.5. The number of aliphatic hydroxyl groups excluding tert-OH is 1. The van der Waals surface area contributed by atoms with Gasteiger partial charge >= 0.3 is 6.09 Å². The van der Waals surface area contributed by atoms with Gasteiger partial charge in [-0.15, -0.1) is 0 Å². The summed E-state index contributed by atoms with van der Waals surface area (Å²) in [5.41, 5.74) is -0.497. The van der Waals surface area contributed by atoms with Crippen molar-refractivity contribution in [3.63, 3.8) is 0 Å². The molecule has 1 aliphatic heterocycles. The smallest absolute Gasteiger partial charge is 0.412 e. The van der Waals surface area contributed by atoms with Gasteiger partial charge in [-0.2, -0.15) is 0 Å². The maximum atomic E-state index is 11.6. The highest BCUT2D eigenvalue weighted by Gasteiger charge is 2.34. The van der Waals surface area contributed by atoms with Crippen LogP contribution in [0.25, 0.3) is 0 Å². The molecule has 0 saturated carbocycles. The van der Waals surface area contributed by atoms with Crippen molar-refractivity contribution in [1.29, 1.82) is 0 Å². The Balaban J connectivity index is 0.000000254. The van der Waals surface area contributed by atoms with Crippen LogP contribution in [-0.4, -0.2) is 41.6 Å². The van der Waals surface area contributed by atoms with Gasteiger partial charge in [-0.05, 0) is 45.2 Å². The third-order valence-electron chi connectivity index (χ3n) is 3.24. The first-order valence-corrected chi connectivity index (χ1v) is 8.45. The van der Waals surface area contributed by atoms with E-state index < -0.39 is 17.9 Å². The second-order valence-electron chi connectivity index (χ2n) is 6.73. The zero-order chi connectivity index (χ0) is 18.5. The first-order valence-electron chi connectivity index (χ1n) is 7.70. The number of aliphatic hydroxyl groups is 1. The Bertz CT molecular complexity index is 560. The minimum absolute atomic E-state index is 0.345. The number of methoxy groups -OCH3 is 1. The number of benzene rings is 1. The summed E-state index contributed by atoms with van der Waals surface area (Å²) in [7, 11) is 1.58. The highest BCUT2D eigenvalue weighted by Crippen LogP contribution is 2.26. The molecule has 1 saturated heterocycles. The van der Waals surface area contributed by atoms with Gasteiger partial charge in [0.1, 0.15) is 17.6 Å². The highest BCUT2D eigenvalue weighted by molar-refractivity contribution is 6.42. The van der Waals surface area contributed by atoms with Gasteiger partial charge in [0, 0.05) is 12.6 Å². The van der Waals surface area contributed by atoms with Crippen LogP contribution in [0.2, 0.25) is 10.0 Å². The van der Waals surface area contributed by atoms with E-state index in [1.165, 1.54) is 4.90 Å². The molecule has 24 heavy (non-hydrogen) atoms. The van der Waals surface area contributed by atoms with Crippen molar-refractivity contribution in [3.05, 3.63) is 28.2 Å². The van der Waals surface area contributed by atoms with E-state index in [0.29, 0.717) is 28.9 Å². The van der Waals surface area contributed by atoms with Crippen LogP contribution in [0.5, 0.6) is 5.75 Å². The lowest BCUT2D eigenvalue weighted by Crippen LogP contribution is -2.39. The molecule has 2 atom stereocenters. The van der Waals surface area contributed by atoms with Crippen molar-refractivity contribution in [1.82, 2.24) is 4.90 Å². The van der Waals surface area contributed by atoms with E-state index in [9.17, 15) is 9.90 Å². The Morgan fingerprint density at radius 1 is 1.29 bits per heavy atom. The van der Waals surface area contributed by atoms with Crippen molar-refractivity contribution in [2.24, 2.45) is 5.92 Å². The largest absolute Gasteiger partial charge is 0.497 e. The molecule has 1 aliphatic rings. The minimum atomic E-state index is -0.681. The van der Waals surface area contributed by atoms with Crippen LogP contribution >= 0.6 is 23.2 Å². The van der Waals surface area contributed by atoms with E-state index in [1.807, 2.05) is 27.7 Å². The second kappa shape index (κ2) is 8.79. The molecule has 1 N–H and O–H groups in total. The van der Waals surface area contributed by atoms with E-state index in [0.717, 1.165) is 5.75 Å². The van der Waals surface area contributed by atoms with Gasteiger partial charge in [0.2, 0.25) is 0 Å². The molecule has 1 heterocycles. The summed E-state index contributed by atoms with van der Waals surface area (Å²) in [5, 5.41) is 10.6. The fourth-order valence-corrected chi connectivity index (χ4v) is 2.43. The molecule has 2 rings (SSSR count). The number of halogens is 2. The van der Waals surface area contributed by atoms with Crippen LogP contribution in [0.4, 0.5) is 4.79 Å². The number of rotatable bonds is 1. The van der Waals surface area contributed by atoms with Crippen LogP contribution in [-0.2, 0) is 4.74 Å². The predicted molar refractivity (Wildman–Crippen MR) is 95.7 cm³/mol. The van der Waals surface area contributed by atoms with Gasteiger partial charge < -0.3 is 14.6 Å². The van der Waals surface area contributed by atoms with E-state index in [-0.39, 0.29) is 0 Å². The summed E-state index contributed by atoms with van der Waals surface area (Å²) in [6.07, 6.45) is -0.464. The van der Waals surface area contributed by atoms with Crippen LogP contribution in [0, 0.1) is 5.92 Å². The number of likely N-dealkylation sites (tertiary alicyclic amines) is 1.